The summed E-state index contributed by atoms with van der Waals surface area (Å²) in [6.07, 6.45) is 0.817. The van der Waals surface area contributed by atoms with Crippen LogP contribution in [0, 0.1) is 6.92 Å². The molecule has 1 N–H and O–H groups in total. The molecular weight excluding hydrogens is 412 g/mol. The number of nitrogens with zero attached hydrogens (tertiary/aromatic N) is 1. The van der Waals surface area contributed by atoms with Crippen LogP contribution >= 0.6 is 11.6 Å². The van der Waals surface area contributed by atoms with Crippen molar-refractivity contribution < 1.29 is 18.0 Å². The Morgan fingerprint density at radius 3 is 2.34 bits per heavy atom. The molecule has 0 atom stereocenters. The van der Waals surface area contributed by atoms with Crippen molar-refractivity contribution in [2.75, 3.05) is 11.9 Å². The molecule has 29 heavy (non-hydrogen) atoms. The van der Waals surface area contributed by atoms with Crippen LogP contribution in [-0.4, -0.2) is 31.1 Å². The van der Waals surface area contributed by atoms with E-state index in [1.165, 1.54) is 6.92 Å². The number of hydrogen-bond acceptors (Lipinski definition) is 4. The maximum absolute atomic E-state index is 13.0. The van der Waals surface area contributed by atoms with Gasteiger partial charge in [-0.1, -0.05) is 48.9 Å². The van der Waals surface area contributed by atoms with Gasteiger partial charge >= 0.3 is 0 Å². The topological polar surface area (TPSA) is 83.6 Å². The summed E-state index contributed by atoms with van der Waals surface area (Å²) in [6.45, 7) is 4.68. The average Bonchev–Trinajstić information content (AvgIpc) is 2.83. The highest BCUT2D eigenvalue weighted by Crippen LogP contribution is 2.35. The van der Waals surface area contributed by atoms with Crippen molar-refractivity contribution >= 4 is 44.0 Å². The Morgan fingerprint density at radius 2 is 1.76 bits per heavy atom. The number of hydrogen-bond donors (Lipinski definition) is 1. The zero-order chi connectivity index (χ0) is 21.3. The summed E-state index contributed by atoms with van der Waals surface area (Å²) in [5.74, 6) is -1.35. The van der Waals surface area contributed by atoms with Crippen molar-refractivity contribution in [2.45, 2.75) is 27.2 Å². The van der Waals surface area contributed by atoms with Crippen LogP contribution in [0.25, 0.3) is 4.91 Å². The molecule has 0 spiro atoms. The predicted octanol–water partition coefficient (Wildman–Crippen LogP) is 3.75. The van der Waals surface area contributed by atoms with Gasteiger partial charge in [0.05, 0.1) is 10.7 Å². The fourth-order valence-corrected chi connectivity index (χ4v) is 5.21. The zero-order valence-corrected chi connectivity index (χ0v) is 17.9. The second kappa shape index (κ2) is 8.00. The molecule has 0 aromatic heterocycles. The molecule has 0 saturated heterocycles. The molecule has 0 aliphatic carbocycles. The van der Waals surface area contributed by atoms with E-state index in [-0.39, 0.29) is 10.5 Å². The lowest BCUT2D eigenvalue weighted by atomic mass is 10.1. The van der Waals surface area contributed by atoms with Crippen LogP contribution in [0.15, 0.2) is 48.0 Å². The van der Waals surface area contributed by atoms with Gasteiger partial charge in [0.25, 0.3) is 15.9 Å². The third-order valence-electron chi connectivity index (χ3n) is 4.75. The largest absolute Gasteiger partial charge is 0.323 e. The summed E-state index contributed by atoms with van der Waals surface area (Å²) in [5, 5.41) is 2.89. The monoisotopic (exact) mass is 432 g/mol. The smallest absolute Gasteiger partial charge is 0.268 e. The first-order chi connectivity index (χ1) is 13.6. The minimum Gasteiger partial charge on any atom is -0.323 e. The fourth-order valence-electron chi connectivity index (χ4n) is 3.15. The van der Waals surface area contributed by atoms with Gasteiger partial charge in [0.15, 0.2) is 0 Å². The van der Waals surface area contributed by atoms with Crippen molar-refractivity contribution in [2.24, 2.45) is 0 Å². The second-order valence-electron chi connectivity index (χ2n) is 6.85. The molecular formula is C21H21ClN2O4S. The molecule has 3 rings (SSSR count). The number of aryl methyl sites for hydroxylation is 2. The normalized spacial score (nSPS) is 15.7. The third-order valence-corrected chi connectivity index (χ3v) is 6.99. The molecule has 8 heteroatoms. The number of anilines is 1. The predicted molar refractivity (Wildman–Crippen MR) is 114 cm³/mol. The number of nitrogens with one attached hydrogen (secondary N) is 1. The van der Waals surface area contributed by atoms with Crippen molar-refractivity contribution in [3.8, 4) is 0 Å². The molecule has 0 saturated carbocycles. The lowest BCUT2D eigenvalue weighted by Gasteiger charge is -2.17. The van der Waals surface area contributed by atoms with Crippen LogP contribution in [0.2, 0.25) is 5.02 Å². The van der Waals surface area contributed by atoms with E-state index in [1.54, 1.807) is 30.3 Å². The average molecular weight is 433 g/mol. The number of sulfonamides is 1. The van der Waals surface area contributed by atoms with Crippen LogP contribution < -0.4 is 5.32 Å². The lowest BCUT2D eigenvalue weighted by Crippen LogP contribution is -2.38. The van der Waals surface area contributed by atoms with E-state index in [0.717, 1.165) is 17.5 Å². The van der Waals surface area contributed by atoms with Gasteiger partial charge in [-0.05, 0) is 49.1 Å². The Hall–Kier alpha value is -2.64. The molecule has 0 fully saturated rings. The molecule has 1 aliphatic rings. The van der Waals surface area contributed by atoms with Gasteiger partial charge in [-0.15, -0.1) is 0 Å². The summed E-state index contributed by atoms with van der Waals surface area (Å²) in [4.78, 5) is 25.0. The van der Waals surface area contributed by atoms with Gasteiger partial charge in [-0.2, -0.15) is 0 Å². The first-order valence-corrected chi connectivity index (χ1v) is 10.9. The highest BCUT2D eigenvalue weighted by molar-refractivity contribution is 7.99. The highest BCUT2D eigenvalue weighted by Gasteiger charge is 2.43. The van der Waals surface area contributed by atoms with E-state index in [0.29, 0.717) is 20.6 Å². The molecule has 2 aromatic carbocycles. The fraction of sp³-hybridized carbons (Fsp3) is 0.238. The van der Waals surface area contributed by atoms with Gasteiger partial charge in [-0.3, -0.25) is 9.59 Å². The first kappa shape index (κ1) is 21.1. The summed E-state index contributed by atoms with van der Waals surface area (Å²) in [5.41, 5.74) is 2.85. The van der Waals surface area contributed by atoms with Crippen molar-refractivity contribution in [3.05, 3.63) is 69.8 Å². The third kappa shape index (κ3) is 4.06. The minimum atomic E-state index is -4.13. The Kier molecular flexibility index (Phi) is 5.82. The van der Waals surface area contributed by atoms with Crippen LogP contribution in [0.1, 0.15) is 30.5 Å². The molecule has 0 radical (unpaired) electrons. The van der Waals surface area contributed by atoms with Crippen LogP contribution in [0.5, 0.6) is 0 Å². The van der Waals surface area contributed by atoms with E-state index < -0.39 is 28.4 Å². The Bertz CT molecular complexity index is 1120. The molecule has 0 bridgehead atoms. The molecule has 1 aliphatic heterocycles. The number of benzene rings is 2. The minimum absolute atomic E-state index is 0.0636. The molecule has 0 unspecified atom stereocenters. The molecule has 2 aromatic rings. The quantitative estimate of drug-likeness (QED) is 0.779. The first-order valence-electron chi connectivity index (χ1n) is 9.08. The number of halogens is 1. The number of amides is 2. The number of rotatable bonds is 5. The van der Waals surface area contributed by atoms with E-state index in [2.05, 4.69) is 5.32 Å². The number of carbonyl (C=O) groups excluding carboxylic acids is 2. The van der Waals surface area contributed by atoms with Crippen LogP contribution in [0.4, 0.5) is 5.69 Å². The van der Waals surface area contributed by atoms with Gasteiger partial charge in [-0.25, -0.2) is 12.7 Å². The van der Waals surface area contributed by atoms with E-state index in [1.807, 2.05) is 26.0 Å². The maximum Gasteiger partial charge on any atom is 0.268 e. The van der Waals surface area contributed by atoms with Crippen molar-refractivity contribution in [3.63, 3.8) is 0 Å². The molecule has 2 amide bonds. The van der Waals surface area contributed by atoms with Crippen LogP contribution in [-0.2, 0) is 26.0 Å². The molecule has 1 heterocycles. The second-order valence-corrected chi connectivity index (χ2v) is 9.06. The van der Waals surface area contributed by atoms with Crippen molar-refractivity contribution in [1.82, 2.24) is 4.31 Å². The van der Waals surface area contributed by atoms with Crippen molar-refractivity contribution in [1.29, 1.82) is 0 Å². The Morgan fingerprint density at radius 1 is 1.10 bits per heavy atom. The van der Waals surface area contributed by atoms with Gasteiger partial charge in [0, 0.05) is 5.57 Å². The van der Waals surface area contributed by atoms with Gasteiger partial charge in [0.1, 0.15) is 11.4 Å². The summed E-state index contributed by atoms with van der Waals surface area (Å²) in [7, 11) is -4.13. The summed E-state index contributed by atoms with van der Waals surface area (Å²) >= 11 is 6.10. The highest BCUT2D eigenvalue weighted by atomic mass is 35.5. The Balaban J connectivity index is 1.84. The zero-order valence-electron chi connectivity index (χ0n) is 16.3. The summed E-state index contributed by atoms with van der Waals surface area (Å²) in [6, 6.07) is 12.1. The molecule has 152 valence electrons. The van der Waals surface area contributed by atoms with Gasteiger partial charge in [0.2, 0.25) is 5.91 Å². The van der Waals surface area contributed by atoms with E-state index in [4.69, 9.17) is 11.6 Å². The number of carbonyl (C=O) groups is 2. The van der Waals surface area contributed by atoms with E-state index in [9.17, 15) is 18.0 Å². The van der Waals surface area contributed by atoms with E-state index >= 15 is 0 Å². The van der Waals surface area contributed by atoms with Gasteiger partial charge < -0.3 is 5.32 Å². The summed E-state index contributed by atoms with van der Waals surface area (Å²) < 4.78 is 26.6. The molecule has 6 nitrogen and oxygen atoms in total. The standard InChI is InChI=1S/C21H21ClN2O4S/c1-4-15-6-8-16(9-7-15)20-14(3)21(26)24(29(20,27)28)12-19(25)23-18-10-5-13(2)11-17(18)22/h5-11H,4,12H2,1-3H3,(H,23,25). The van der Waals surface area contributed by atoms with Crippen LogP contribution in [0.3, 0.4) is 0 Å². The lowest BCUT2D eigenvalue weighted by molar-refractivity contribution is -0.126. The maximum atomic E-state index is 13.0. The Labute approximate surface area is 175 Å². The SMILES string of the molecule is CCc1ccc(C2=C(C)C(=O)N(CC(=O)Nc3ccc(C)cc3Cl)S2(=O)=O)cc1.